The lowest BCUT2D eigenvalue weighted by molar-refractivity contribution is 0.0852. The van der Waals surface area contributed by atoms with E-state index in [0.29, 0.717) is 4.88 Å². The molecule has 0 unspecified atom stereocenters. The van der Waals surface area contributed by atoms with E-state index in [2.05, 4.69) is 14.3 Å². The van der Waals surface area contributed by atoms with Crippen LogP contribution in [0.5, 0.6) is 0 Å². The van der Waals surface area contributed by atoms with E-state index in [1.54, 1.807) is 0 Å². The second kappa shape index (κ2) is 3.38. The molecule has 1 heterocycles. The van der Waals surface area contributed by atoms with Crippen LogP contribution in [0.4, 0.5) is 0 Å². The molecule has 0 aliphatic heterocycles. The van der Waals surface area contributed by atoms with Crippen LogP contribution in [0, 0.1) is 0 Å². The fraction of sp³-hybridized carbons (Fsp3) is 0.400. The van der Waals surface area contributed by atoms with E-state index in [1.165, 1.54) is 13.3 Å². The Hall–Kier alpha value is -0.810. The highest BCUT2D eigenvalue weighted by Gasteiger charge is 2.06. The molecule has 4 nitrogen and oxygen atoms in total. The summed E-state index contributed by atoms with van der Waals surface area (Å²) in [5.74, 6) is -0.0718. The number of hydrogen-bond acceptors (Lipinski definition) is 5. The Labute approximate surface area is 62.0 Å². The van der Waals surface area contributed by atoms with Gasteiger partial charge in [-0.1, -0.05) is 4.49 Å². The number of Topliss-reactive ketones (excluding diaryl/α,β-unsaturated/α-hetero) is 1. The van der Waals surface area contributed by atoms with Gasteiger partial charge in [-0.05, 0) is 11.5 Å². The Kier molecular flexibility index (Phi) is 2.47. The molecule has 0 bridgehead atoms. The molecule has 54 valence electrons. The largest absolute Gasteiger partial charge is 0.376 e. The number of nitrogens with zero attached hydrogens (tertiary/aromatic N) is 2. The van der Waals surface area contributed by atoms with Gasteiger partial charge < -0.3 is 4.74 Å². The molecule has 0 fully saturated rings. The zero-order chi connectivity index (χ0) is 7.40. The summed E-state index contributed by atoms with van der Waals surface area (Å²) in [6.45, 7) is 0.101. The van der Waals surface area contributed by atoms with Gasteiger partial charge in [0.05, 0.1) is 6.20 Å². The highest BCUT2D eigenvalue weighted by atomic mass is 32.1. The van der Waals surface area contributed by atoms with Crippen LogP contribution >= 0.6 is 11.5 Å². The van der Waals surface area contributed by atoms with Gasteiger partial charge in [-0.2, -0.15) is 0 Å². The number of ketones is 1. The number of carbonyl (C=O) groups is 1. The number of methoxy groups -OCH3 is 1. The Morgan fingerprint density at radius 2 is 2.70 bits per heavy atom. The van der Waals surface area contributed by atoms with Crippen LogP contribution in [-0.4, -0.2) is 29.1 Å². The summed E-state index contributed by atoms with van der Waals surface area (Å²) in [5, 5.41) is 3.52. The van der Waals surface area contributed by atoms with Crippen molar-refractivity contribution in [3.05, 3.63) is 11.1 Å². The summed E-state index contributed by atoms with van der Waals surface area (Å²) in [5.41, 5.74) is 0. The lowest BCUT2D eigenvalue weighted by Gasteiger charge is -1.90. The smallest absolute Gasteiger partial charge is 0.201 e. The number of aromatic nitrogens is 2. The van der Waals surface area contributed by atoms with Gasteiger partial charge in [-0.25, -0.2) is 0 Å². The van der Waals surface area contributed by atoms with Gasteiger partial charge in [0.2, 0.25) is 5.78 Å². The standard InChI is InChI=1S/C5H6N2O2S/c1-9-3-4(8)5-2-6-7-10-5/h2H,3H2,1H3. The quantitative estimate of drug-likeness (QED) is 0.596. The molecular formula is C5H6N2O2S. The van der Waals surface area contributed by atoms with Crippen molar-refractivity contribution in [2.75, 3.05) is 13.7 Å². The SMILES string of the molecule is COCC(=O)c1cnns1. The molecule has 10 heavy (non-hydrogen) atoms. The van der Waals surface area contributed by atoms with Crippen molar-refractivity contribution < 1.29 is 9.53 Å². The minimum absolute atomic E-state index is 0.0718. The molecular weight excluding hydrogens is 152 g/mol. The topological polar surface area (TPSA) is 52.1 Å². The van der Waals surface area contributed by atoms with Crippen molar-refractivity contribution in [3.63, 3.8) is 0 Å². The zero-order valence-electron chi connectivity index (χ0n) is 5.40. The second-order valence-electron chi connectivity index (χ2n) is 1.64. The first-order valence-electron chi connectivity index (χ1n) is 2.64. The molecule has 1 rings (SSSR count). The highest BCUT2D eigenvalue weighted by Crippen LogP contribution is 2.02. The molecule has 1 aromatic heterocycles. The molecule has 0 N–H and O–H groups in total. The zero-order valence-corrected chi connectivity index (χ0v) is 6.22. The molecule has 0 aromatic carbocycles. The summed E-state index contributed by atoms with van der Waals surface area (Å²) >= 11 is 1.08. The van der Waals surface area contributed by atoms with Crippen molar-refractivity contribution in [3.8, 4) is 0 Å². The molecule has 0 saturated carbocycles. The van der Waals surface area contributed by atoms with Gasteiger partial charge >= 0.3 is 0 Å². The van der Waals surface area contributed by atoms with Crippen molar-refractivity contribution in [1.82, 2.24) is 9.59 Å². The van der Waals surface area contributed by atoms with Crippen molar-refractivity contribution >= 4 is 17.3 Å². The average Bonchev–Trinajstić information content (AvgIpc) is 2.38. The third-order valence-corrected chi connectivity index (χ3v) is 1.62. The summed E-state index contributed by atoms with van der Waals surface area (Å²) < 4.78 is 8.17. The number of ether oxygens (including phenoxy) is 1. The average molecular weight is 158 g/mol. The Balaban J connectivity index is 2.59. The maximum absolute atomic E-state index is 10.9. The van der Waals surface area contributed by atoms with E-state index in [0.717, 1.165) is 11.5 Å². The van der Waals surface area contributed by atoms with Crippen LogP contribution in [0.2, 0.25) is 0 Å². The van der Waals surface area contributed by atoms with E-state index in [4.69, 9.17) is 0 Å². The summed E-state index contributed by atoms with van der Waals surface area (Å²) in [6, 6.07) is 0. The molecule has 5 heteroatoms. The minimum Gasteiger partial charge on any atom is -0.376 e. The molecule has 1 aromatic rings. The Bertz CT molecular complexity index is 209. The summed E-state index contributed by atoms with van der Waals surface area (Å²) in [6.07, 6.45) is 1.44. The van der Waals surface area contributed by atoms with Gasteiger partial charge in [0.25, 0.3) is 0 Å². The summed E-state index contributed by atoms with van der Waals surface area (Å²) in [4.78, 5) is 11.5. The Morgan fingerprint density at radius 3 is 3.20 bits per heavy atom. The van der Waals surface area contributed by atoms with Gasteiger partial charge in [0, 0.05) is 7.11 Å². The van der Waals surface area contributed by atoms with Crippen LogP contribution in [0.3, 0.4) is 0 Å². The van der Waals surface area contributed by atoms with E-state index in [1.807, 2.05) is 0 Å². The lowest BCUT2D eigenvalue weighted by atomic mass is 10.4. The number of rotatable bonds is 3. The molecule has 0 aliphatic carbocycles. The number of hydrogen-bond donors (Lipinski definition) is 0. The maximum Gasteiger partial charge on any atom is 0.201 e. The normalized spacial score (nSPS) is 9.70. The highest BCUT2D eigenvalue weighted by molar-refractivity contribution is 7.07. The minimum atomic E-state index is -0.0718. The van der Waals surface area contributed by atoms with Crippen LogP contribution in [-0.2, 0) is 4.74 Å². The lowest BCUT2D eigenvalue weighted by Crippen LogP contribution is -2.04. The van der Waals surface area contributed by atoms with Crippen LogP contribution in [0.25, 0.3) is 0 Å². The number of carbonyl (C=O) groups excluding carboxylic acids is 1. The second-order valence-corrected chi connectivity index (χ2v) is 2.42. The van der Waals surface area contributed by atoms with Gasteiger partial charge in [0.15, 0.2) is 0 Å². The van der Waals surface area contributed by atoms with E-state index >= 15 is 0 Å². The molecule has 0 radical (unpaired) electrons. The maximum atomic E-state index is 10.9. The molecule has 0 amide bonds. The van der Waals surface area contributed by atoms with Crippen molar-refractivity contribution in [2.45, 2.75) is 0 Å². The van der Waals surface area contributed by atoms with Crippen LogP contribution in [0.1, 0.15) is 9.67 Å². The predicted molar refractivity (Wildman–Crippen MR) is 36.1 cm³/mol. The van der Waals surface area contributed by atoms with Gasteiger partial charge in [0.1, 0.15) is 11.5 Å². The molecule has 0 saturated heterocycles. The fourth-order valence-electron chi connectivity index (χ4n) is 0.492. The monoisotopic (exact) mass is 158 g/mol. The van der Waals surface area contributed by atoms with Gasteiger partial charge in [-0.3, -0.25) is 4.79 Å². The first kappa shape index (κ1) is 7.30. The first-order chi connectivity index (χ1) is 4.84. The van der Waals surface area contributed by atoms with Crippen LogP contribution < -0.4 is 0 Å². The Morgan fingerprint density at radius 1 is 1.90 bits per heavy atom. The van der Waals surface area contributed by atoms with E-state index < -0.39 is 0 Å². The summed E-state index contributed by atoms with van der Waals surface area (Å²) in [7, 11) is 1.48. The third kappa shape index (κ3) is 1.58. The van der Waals surface area contributed by atoms with E-state index in [9.17, 15) is 4.79 Å². The van der Waals surface area contributed by atoms with Gasteiger partial charge in [-0.15, -0.1) is 5.10 Å². The van der Waals surface area contributed by atoms with Crippen molar-refractivity contribution in [2.24, 2.45) is 0 Å². The molecule has 0 aliphatic rings. The molecule has 0 atom stereocenters. The van der Waals surface area contributed by atoms with Crippen LogP contribution in [0.15, 0.2) is 6.20 Å². The molecule has 0 spiro atoms. The van der Waals surface area contributed by atoms with Crippen molar-refractivity contribution in [1.29, 1.82) is 0 Å². The third-order valence-electron chi connectivity index (χ3n) is 0.912. The fourth-order valence-corrected chi connectivity index (χ4v) is 0.930. The van der Waals surface area contributed by atoms with E-state index in [-0.39, 0.29) is 12.4 Å². The first-order valence-corrected chi connectivity index (χ1v) is 3.41. The predicted octanol–water partition coefficient (Wildman–Crippen LogP) is 0.367.